The van der Waals surface area contributed by atoms with E-state index in [0.29, 0.717) is 17.4 Å². The van der Waals surface area contributed by atoms with E-state index in [-0.39, 0.29) is 0 Å². The standard InChI is InChI=1S/C15H21N3O/c1-15(2)7-6-10(9-15)18-13-8-11(19-3)4-5-12(13)17-14(18)16/h4-5,8,10H,6-7,9H2,1-3H3,(H2,16,17). The van der Waals surface area contributed by atoms with Crippen LogP contribution in [0.2, 0.25) is 0 Å². The molecule has 1 heterocycles. The molecule has 19 heavy (non-hydrogen) atoms. The summed E-state index contributed by atoms with van der Waals surface area (Å²) < 4.78 is 7.50. The first-order chi connectivity index (χ1) is 9.00. The van der Waals surface area contributed by atoms with Crippen molar-refractivity contribution in [1.29, 1.82) is 0 Å². The van der Waals surface area contributed by atoms with Crippen LogP contribution in [-0.2, 0) is 0 Å². The van der Waals surface area contributed by atoms with Crippen molar-refractivity contribution < 1.29 is 4.74 Å². The van der Waals surface area contributed by atoms with Crippen LogP contribution in [0.1, 0.15) is 39.2 Å². The number of benzene rings is 1. The highest BCUT2D eigenvalue weighted by Gasteiger charge is 2.33. The maximum Gasteiger partial charge on any atom is 0.201 e. The number of nitrogens with two attached hydrogens (primary N) is 1. The highest BCUT2D eigenvalue weighted by molar-refractivity contribution is 5.80. The lowest BCUT2D eigenvalue weighted by molar-refractivity contribution is 0.361. The van der Waals surface area contributed by atoms with Gasteiger partial charge in [-0.1, -0.05) is 13.8 Å². The number of nitrogens with zero attached hydrogens (tertiary/aromatic N) is 2. The minimum Gasteiger partial charge on any atom is -0.497 e. The van der Waals surface area contributed by atoms with E-state index in [2.05, 4.69) is 23.4 Å². The first-order valence-electron chi connectivity index (χ1n) is 6.82. The van der Waals surface area contributed by atoms with Crippen molar-refractivity contribution in [3.63, 3.8) is 0 Å². The van der Waals surface area contributed by atoms with Crippen molar-refractivity contribution in [1.82, 2.24) is 9.55 Å². The lowest BCUT2D eigenvalue weighted by atomic mass is 9.92. The molecule has 1 atom stereocenters. The van der Waals surface area contributed by atoms with Gasteiger partial charge in [-0.15, -0.1) is 0 Å². The van der Waals surface area contributed by atoms with Gasteiger partial charge in [-0.2, -0.15) is 0 Å². The molecule has 1 unspecified atom stereocenters. The number of aromatic nitrogens is 2. The molecule has 4 heteroatoms. The van der Waals surface area contributed by atoms with Gasteiger partial charge < -0.3 is 15.0 Å². The summed E-state index contributed by atoms with van der Waals surface area (Å²) in [4.78, 5) is 4.47. The number of rotatable bonds is 2. The average Bonchev–Trinajstić information content (AvgIpc) is 2.87. The monoisotopic (exact) mass is 259 g/mol. The quantitative estimate of drug-likeness (QED) is 0.899. The van der Waals surface area contributed by atoms with Gasteiger partial charge >= 0.3 is 0 Å². The number of imidazole rings is 1. The van der Waals surface area contributed by atoms with Crippen molar-refractivity contribution in [2.75, 3.05) is 12.8 Å². The Kier molecular flexibility index (Phi) is 2.69. The van der Waals surface area contributed by atoms with E-state index in [1.54, 1.807) is 7.11 Å². The molecule has 1 aromatic carbocycles. The summed E-state index contributed by atoms with van der Waals surface area (Å²) in [7, 11) is 1.68. The Bertz CT molecular complexity index is 615. The number of methoxy groups -OCH3 is 1. The van der Waals surface area contributed by atoms with E-state index in [1.807, 2.05) is 18.2 Å². The van der Waals surface area contributed by atoms with Crippen molar-refractivity contribution >= 4 is 17.0 Å². The zero-order valence-corrected chi connectivity index (χ0v) is 11.8. The number of hydrogen-bond donors (Lipinski definition) is 1. The molecule has 4 nitrogen and oxygen atoms in total. The van der Waals surface area contributed by atoms with Crippen molar-refractivity contribution in [2.45, 2.75) is 39.2 Å². The number of anilines is 1. The van der Waals surface area contributed by atoms with Crippen molar-refractivity contribution in [3.05, 3.63) is 18.2 Å². The molecular weight excluding hydrogens is 238 g/mol. The predicted octanol–water partition coefficient (Wildman–Crippen LogP) is 3.38. The van der Waals surface area contributed by atoms with Crippen LogP contribution in [0.4, 0.5) is 5.95 Å². The lowest BCUT2D eigenvalue weighted by Crippen LogP contribution is -2.11. The van der Waals surface area contributed by atoms with E-state index < -0.39 is 0 Å². The first kappa shape index (κ1) is 12.3. The van der Waals surface area contributed by atoms with Crippen LogP contribution in [0.5, 0.6) is 5.75 Å². The van der Waals surface area contributed by atoms with Gasteiger partial charge in [0.1, 0.15) is 5.75 Å². The van der Waals surface area contributed by atoms with Gasteiger partial charge in [0.05, 0.1) is 18.1 Å². The first-order valence-corrected chi connectivity index (χ1v) is 6.82. The van der Waals surface area contributed by atoms with Crippen LogP contribution >= 0.6 is 0 Å². The SMILES string of the molecule is COc1ccc2nc(N)n(C3CCC(C)(C)C3)c2c1. The van der Waals surface area contributed by atoms with Gasteiger partial charge in [0.2, 0.25) is 5.95 Å². The summed E-state index contributed by atoms with van der Waals surface area (Å²) in [5.41, 5.74) is 8.55. The van der Waals surface area contributed by atoms with Gasteiger partial charge in [0.15, 0.2) is 0 Å². The highest BCUT2D eigenvalue weighted by atomic mass is 16.5. The zero-order chi connectivity index (χ0) is 13.6. The number of ether oxygens (including phenoxy) is 1. The van der Waals surface area contributed by atoms with Gasteiger partial charge in [-0.3, -0.25) is 0 Å². The van der Waals surface area contributed by atoms with Gasteiger partial charge in [0.25, 0.3) is 0 Å². The Hall–Kier alpha value is -1.71. The minimum absolute atomic E-state index is 0.395. The molecule has 0 saturated heterocycles. The van der Waals surface area contributed by atoms with Crippen molar-refractivity contribution in [3.8, 4) is 5.75 Å². The molecule has 0 aliphatic heterocycles. The fourth-order valence-electron chi connectivity index (χ4n) is 3.22. The van der Waals surface area contributed by atoms with Crippen LogP contribution in [0.15, 0.2) is 18.2 Å². The molecule has 0 amide bonds. The Balaban J connectivity index is 2.09. The Labute approximate surface area is 113 Å². The molecule has 2 N–H and O–H groups in total. The molecule has 0 bridgehead atoms. The average molecular weight is 259 g/mol. The van der Waals surface area contributed by atoms with Crippen LogP contribution in [0.3, 0.4) is 0 Å². The van der Waals surface area contributed by atoms with E-state index in [9.17, 15) is 0 Å². The number of fused-ring (bicyclic) bond motifs is 1. The molecule has 0 spiro atoms. The molecule has 2 aromatic rings. The highest BCUT2D eigenvalue weighted by Crippen LogP contribution is 2.45. The maximum atomic E-state index is 6.12. The van der Waals surface area contributed by atoms with Gasteiger partial charge in [-0.05, 0) is 36.8 Å². The van der Waals surface area contributed by atoms with Crippen LogP contribution in [0, 0.1) is 5.41 Å². The third-order valence-corrected chi connectivity index (χ3v) is 4.23. The Morgan fingerprint density at radius 1 is 1.42 bits per heavy atom. The van der Waals surface area contributed by atoms with Gasteiger partial charge in [0, 0.05) is 12.1 Å². The Morgan fingerprint density at radius 3 is 2.84 bits per heavy atom. The number of nitrogen functional groups attached to an aromatic ring is 1. The van der Waals surface area contributed by atoms with E-state index in [0.717, 1.165) is 23.2 Å². The molecule has 0 radical (unpaired) electrons. The Morgan fingerprint density at radius 2 is 2.21 bits per heavy atom. The second kappa shape index (κ2) is 4.15. The molecule has 1 aromatic heterocycles. The lowest BCUT2D eigenvalue weighted by Gasteiger charge is -2.19. The van der Waals surface area contributed by atoms with E-state index in [4.69, 9.17) is 10.5 Å². The largest absolute Gasteiger partial charge is 0.497 e. The topological polar surface area (TPSA) is 53.1 Å². The molecule has 102 valence electrons. The summed E-state index contributed by atoms with van der Waals surface area (Å²) in [6.07, 6.45) is 3.56. The normalized spacial score (nSPS) is 21.9. The molecule has 1 saturated carbocycles. The third-order valence-electron chi connectivity index (χ3n) is 4.23. The fraction of sp³-hybridized carbons (Fsp3) is 0.533. The summed E-state index contributed by atoms with van der Waals surface area (Å²) >= 11 is 0. The zero-order valence-electron chi connectivity index (χ0n) is 11.8. The second-order valence-corrected chi connectivity index (χ2v) is 6.26. The molecular formula is C15H21N3O. The molecule has 1 aliphatic carbocycles. The summed E-state index contributed by atoms with van der Waals surface area (Å²) in [5, 5.41) is 0. The second-order valence-electron chi connectivity index (χ2n) is 6.26. The maximum absolute atomic E-state index is 6.12. The minimum atomic E-state index is 0.395. The van der Waals surface area contributed by atoms with Crippen LogP contribution < -0.4 is 10.5 Å². The predicted molar refractivity (Wildman–Crippen MR) is 77.4 cm³/mol. The van der Waals surface area contributed by atoms with E-state index in [1.165, 1.54) is 12.8 Å². The smallest absolute Gasteiger partial charge is 0.201 e. The summed E-state index contributed by atoms with van der Waals surface area (Å²) in [6.45, 7) is 4.64. The molecule has 1 fully saturated rings. The third kappa shape index (κ3) is 2.05. The number of hydrogen-bond acceptors (Lipinski definition) is 3. The van der Waals surface area contributed by atoms with Crippen molar-refractivity contribution in [2.24, 2.45) is 5.41 Å². The summed E-state index contributed by atoms with van der Waals surface area (Å²) in [6, 6.07) is 6.38. The van der Waals surface area contributed by atoms with Crippen LogP contribution in [0.25, 0.3) is 11.0 Å². The van der Waals surface area contributed by atoms with E-state index >= 15 is 0 Å². The van der Waals surface area contributed by atoms with Gasteiger partial charge in [-0.25, -0.2) is 4.98 Å². The summed E-state index contributed by atoms with van der Waals surface area (Å²) in [5.74, 6) is 1.47. The molecule has 1 aliphatic rings. The van der Waals surface area contributed by atoms with Crippen LogP contribution in [-0.4, -0.2) is 16.7 Å². The molecule has 3 rings (SSSR count). The fourth-order valence-corrected chi connectivity index (χ4v) is 3.22.